The Balaban J connectivity index is 2.33. The molecule has 0 saturated heterocycles. The van der Waals surface area contributed by atoms with Crippen LogP contribution < -0.4 is 5.73 Å². The first-order valence-electron chi connectivity index (χ1n) is 5.83. The molecule has 0 aliphatic rings. The van der Waals surface area contributed by atoms with Gasteiger partial charge in [0.15, 0.2) is 17.5 Å². The van der Waals surface area contributed by atoms with E-state index in [1.54, 1.807) is 0 Å². The molecule has 2 aromatic rings. The topological polar surface area (TPSA) is 64.9 Å². The smallest absolute Gasteiger partial charge is 0.258 e. The fourth-order valence-corrected chi connectivity index (χ4v) is 1.49. The Kier molecular flexibility index (Phi) is 3.36. The predicted molar refractivity (Wildman–Crippen MR) is 66.0 cm³/mol. The van der Waals surface area contributed by atoms with Crippen molar-refractivity contribution in [3.8, 4) is 11.5 Å². The lowest BCUT2D eigenvalue weighted by atomic mass is 9.87. The summed E-state index contributed by atoms with van der Waals surface area (Å²) in [4.78, 5) is 4.13. The second-order valence-corrected chi connectivity index (χ2v) is 5.43. The highest BCUT2D eigenvalue weighted by molar-refractivity contribution is 5.52. The third-order valence-corrected chi connectivity index (χ3v) is 2.82. The molecule has 0 spiro atoms. The second kappa shape index (κ2) is 4.70. The number of benzene rings is 1. The molecule has 0 bridgehead atoms. The van der Waals surface area contributed by atoms with Gasteiger partial charge in [-0.25, -0.2) is 8.78 Å². The Bertz CT molecular complexity index is 590. The van der Waals surface area contributed by atoms with Crippen LogP contribution in [0.3, 0.4) is 0 Å². The predicted octanol–water partition coefficient (Wildman–Crippen LogP) is 3.06. The SMILES string of the molecule is CC(C)(C)C(N)c1noc(-c2ccc(F)c(F)c2)n1. The van der Waals surface area contributed by atoms with Crippen LogP contribution in [0.4, 0.5) is 8.78 Å². The fourth-order valence-electron chi connectivity index (χ4n) is 1.49. The van der Waals surface area contributed by atoms with Gasteiger partial charge in [0.05, 0.1) is 6.04 Å². The molecular formula is C13H15F2N3O. The lowest BCUT2D eigenvalue weighted by molar-refractivity contribution is 0.303. The molecule has 1 atom stereocenters. The van der Waals surface area contributed by atoms with Crippen molar-refractivity contribution in [2.24, 2.45) is 11.1 Å². The molecule has 1 unspecified atom stereocenters. The van der Waals surface area contributed by atoms with Gasteiger partial charge in [0.25, 0.3) is 5.89 Å². The van der Waals surface area contributed by atoms with E-state index in [1.165, 1.54) is 6.07 Å². The third kappa shape index (κ3) is 2.78. The van der Waals surface area contributed by atoms with Gasteiger partial charge in [0.2, 0.25) is 0 Å². The van der Waals surface area contributed by atoms with Crippen LogP contribution in [0.2, 0.25) is 0 Å². The summed E-state index contributed by atoms with van der Waals surface area (Å²) in [7, 11) is 0. The van der Waals surface area contributed by atoms with E-state index in [2.05, 4.69) is 10.1 Å². The molecule has 6 heteroatoms. The van der Waals surface area contributed by atoms with Crippen LogP contribution in [0.1, 0.15) is 32.6 Å². The van der Waals surface area contributed by atoms with E-state index in [0.29, 0.717) is 11.4 Å². The van der Waals surface area contributed by atoms with Crippen molar-refractivity contribution in [2.45, 2.75) is 26.8 Å². The highest BCUT2D eigenvalue weighted by atomic mass is 19.2. The number of hydrogen-bond donors (Lipinski definition) is 1. The second-order valence-electron chi connectivity index (χ2n) is 5.43. The number of hydrogen-bond acceptors (Lipinski definition) is 4. The molecule has 2 N–H and O–H groups in total. The monoisotopic (exact) mass is 267 g/mol. The van der Waals surface area contributed by atoms with E-state index < -0.39 is 17.7 Å². The highest BCUT2D eigenvalue weighted by Gasteiger charge is 2.27. The average molecular weight is 267 g/mol. The summed E-state index contributed by atoms with van der Waals surface area (Å²) in [6.45, 7) is 5.85. The standard InChI is InChI=1S/C13H15F2N3O/c1-13(2,3)10(16)11-17-12(19-18-11)7-4-5-8(14)9(15)6-7/h4-6,10H,16H2,1-3H3. The van der Waals surface area contributed by atoms with E-state index in [1.807, 2.05) is 20.8 Å². The average Bonchev–Trinajstić information content (AvgIpc) is 2.79. The van der Waals surface area contributed by atoms with Gasteiger partial charge < -0.3 is 10.3 Å². The summed E-state index contributed by atoms with van der Waals surface area (Å²) in [5.74, 6) is -1.42. The lowest BCUT2D eigenvalue weighted by Gasteiger charge is -2.23. The first-order valence-corrected chi connectivity index (χ1v) is 5.83. The number of halogens is 2. The Morgan fingerprint density at radius 1 is 1.21 bits per heavy atom. The molecule has 1 heterocycles. The Hall–Kier alpha value is -1.82. The van der Waals surface area contributed by atoms with E-state index >= 15 is 0 Å². The maximum absolute atomic E-state index is 13.1. The first kappa shape index (κ1) is 13.6. The maximum atomic E-state index is 13.1. The van der Waals surface area contributed by atoms with Gasteiger partial charge in [-0.1, -0.05) is 25.9 Å². The van der Waals surface area contributed by atoms with E-state index in [9.17, 15) is 8.78 Å². The van der Waals surface area contributed by atoms with Crippen LogP contribution in [-0.2, 0) is 0 Å². The zero-order chi connectivity index (χ0) is 14.2. The maximum Gasteiger partial charge on any atom is 0.258 e. The van der Waals surface area contributed by atoms with Crippen molar-refractivity contribution in [3.05, 3.63) is 35.7 Å². The molecule has 0 fully saturated rings. The summed E-state index contributed by atoms with van der Waals surface area (Å²) < 4.78 is 31.0. The molecular weight excluding hydrogens is 252 g/mol. The molecule has 0 radical (unpaired) electrons. The summed E-state index contributed by atoms with van der Waals surface area (Å²) in [5, 5.41) is 3.78. The van der Waals surface area contributed by atoms with Crippen molar-refractivity contribution >= 4 is 0 Å². The lowest BCUT2D eigenvalue weighted by Crippen LogP contribution is -2.27. The summed E-state index contributed by atoms with van der Waals surface area (Å²) in [6, 6.07) is 2.99. The van der Waals surface area contributed by atoms with Crippen LogP contribution in [0.5, 0.6) is 0 Å². The molecule has 0 aliphatic heterocycles. The van der Waals surface area contributed by atoms with E-state index in [-0.39, 0.29) is 11.3 Å². The molecule has 4 nitrogen and oxygen atoms in total. The molecule has 1 aromatic heterocycles. The van der Waals surface area contributed by atoms with Crippen LogP contribution in [0, 0.1) is 17.0 Å². The minimum atomic E-state index is -0.961. The highest BCUT2D eigenvalue weighted by Crippen LogP contribution is 2.30. The third-order valence-electron chi connectivity index (χ3n) is 2.82. The van der Waals surface area contributed by atoms with Gasteiger partial charge in [-0.3, -0.25) is 0 Å². The van der Waals surface area contributed by atoms with E-state index in [4.69, 9.17) is 10.3 Å². The number of nitrogens with zero attached hydrogens (tertiary/aromatic N) is 2. The van der Waals surface area contributed by atoms with Crippen molar-refractivity contribution in [1.29, 1.82) is 0 Å². The van der Waals surface area contributed by atoms with Gasteiger partial charge in [0, 0.05) is 5.56 Å². The Labute approximate surface area is 109 Å². The quantitative estimate of drug-likeness (QED) is 0.908. The van der Waals surface area contributed by atoms with Crippen LogP contribution in [0.15, 0.2) is 22.7 Å². The molecule has 2 rings (SSSR count). The van der Waals surface area contributed by atoms with Gasteiger partial charge >= 0.3 is 0 Å². The zero-order valence-corrected chi connectivity index (χ0v) is 10.9. The van der Waals surface area contributed by atoms with Gasteiger partial charge in [-0.05, 0) is 23.6 Å². The minimum absolute atomic E-state index is 0.119. The molecule has 0 amide bonds. The van der Waals surface area contributed by atoms with Crippen LogP contribution in [0.25, 0.3) is 11.5 Å². The largest absolute Gasteiger partial charge is 0.334 e. The molecule has 1 aromatic carbocycles. The molecule has 0 saturated carbocycles. The van der Waals surface area contributed by atoms with Crippen LogP contribution >= 0.6 is 0 Å². The van der Waals surface area contributed by atoms with Crippen molar-refractivity contribution in [2.75, 3.05) is 0 Å². The minimum Gasteiger partial charge on any atom is -0.334 e. The van der Waals surface area contributed by atoms with E-state index in [0.717, 1.165) is 12.1 Å². The van der Waals surface area contributed by atoms with Crippen molar-refractivity contribution in [3.63, 3.8) is 0 Å². The Morgan fingerprint density at radius 3 is 2.47 bits per heavy atom. The first-order chi connectivity index (χ1) is 8.79. The van der Waals surface area contributed by atoms with Gasteiger partial charge in [-0.15, -0.1) is 0 Å². The van der Waals surface area contributed by atoms with Crippen molar-refractivity contribution in [1.82, 2.24) is 10.1 Å². The normalized spacial score (nSPS) is 13.6. The summed E-state index contributed by atoms with van der Waals surface area (Å²) >= 11 is 0. The zero-order valence-electron chi connectivity index (χ0n) is 10.9. The number of nitrogens with two attached hydrogens (primary N) is 1. The molecule has 19 heavy (non-hydrogen) atoms. The number of aromatic nitrogens is 2. The van der Waals surface area contributed by atoms with Crippen LogP contribution in [-0.4, -0.2) is 10.1 Å². The Morgan fingerprint density at radius 2 is 1.89 bits per heavy atom. The fraction of sp³-hybridized carbons (Fsp3) is 0.385. The van der Waals surface area contributed by atoms with Gasteiger partial charge in [0.1, 0.15) is 0 Å². The number of rotatable bonds is 2. The van der Waals surface area contributed by atoms with Gasteiger partial charge in [-0.2, -0.15) is 4.98 Å². The van der Waals surface area contributed by atoms with Crippen molar-refractivity contribution < 1.29 is 13.3 Å². The summed E-state index contributed by atoms with van der Waals surface area (Å²) in [6.07, 6.45) is 0. The molecule has 0 aliphatic carbocycles. The molecule has 102 valence electrons. The summed E-state index contributed by atoms with van der Waals surface area (Å²) in [5.41, 5.74) is 6.09.